The number of rotatable bonds is 4. The number of anilines is 2. The van der Waals surface area contributed by atoms with E-state index in [0.29, 0.717) is 22.3 Å². The van der Waals surface area contributed by atoms with Gasteiger partial charge in [0.1, 0.15) is 5.82 Å². The summed E-state index contributed by atoms with van der Waals surface area (Å²) < 4.78 is 1.73. The van der Waals surface area contributed by atoms with Gasteiger partial charge in [-0.05, 0) is 31.0 Å². The highest BCUT2D eigenvalue weighted by atomic mass is 35.5. The molecule has 3 rings (SSSR count). The number of nitrogens with one attached hydrogen (secondary N) is 2. The first-order valence-corrected chi connectivity index (χ1v) is 8.79. The van der Waals surface area contributed by atoms with Gasteiger partial charge in [-0.25, -0.2) is 0 Å². The van der Waals surface area contributed by atoms with E-state index in [1.165, 1.54) is 32.1 Å². The van der Waals surface area contributed by atoms with Crippen LogP contribution in [-0.2, 0) is 7.05 Å². The molecule has 1 aliphatic rings. The first-order valence-electron chi connectivity index (χ1n) is 8.41. The molecule has 0 atom stereocenters. The highest BCUT2D eigenvalue weighted by Gasteiger charge is 2.20. The van der Waals surface area contributed by atoms with Gasteiger partial charge < -0.3 is 10.6 Å². The van der Waals surface area contributed by atoms with Crippen LogP contribution in [0.1, 0.15) is 54.1 Å². The molecule has 1 heterocycles. The molecule has 0 aliphatic heterocycles. The second-order valence-electron chi connectivity index (χ2n) is 6.31. The van der Waals surface area contributed by atoms with Crippen molar-refractivity contribution in [3.63, 3.8) is 0 Å². The number of hydrogen-bond donors (Lipinski definition) is 2. The molecule has 1 fully saturated rings. The Kier molecular flexibility index (Phi) is 5.09. The first kappa shape index (κ1) is 16.8. The third-order valence-electron chi connectivity index (χ3n) is 4.66. The van der Waals surface area contributed by atoms with Crippen LogP contribution < -0.4 is 10.6 Å². The van der Waals surface area contributed by atoms with Crippen molar-refractivity contribution in [2.45, 2.75) is 38.0 Å². The number of halogens is 1. The van der Waals surface area contributed by atoms with E-state index in [0.717, 1.165) is 11.4 Å². The van der Waals surface area contributed by atoms with E-state index < -0.39 is 0 Å². The van der Waals surface area contributed by atoms with Crippen molar-refractivity contribution in [2.75, 3.05) is 17.7 Å². The molecule has 1 saturated carbocycles. The molecule has 0 spiro atoms. The zero-order valence-corrected chi connectivity index (χ0v) is 14.9. The zero-order chi connectivity index (χ0) is 17.1. The van der Waals surface area contributed by atoms with E-state index >= 15 is 0 Å². The minimum atomic E-state index is -0.227. The maximum Gasteiger partial charge on any atom is 0.258 e. The Balaban J connectivity index is 1.78. The molecule has 1 aromatic carbocycles. The molecule has 0 radical (unpaired) electrons. The second-order valence-corrected chi connectivity index (χ2v) is 6.72. The highest BCUT2D eigenvalue weighted by Crippen LogP contribution is 2.33. The van der Waals surface area contributed by atoms with Crippen LogP contribution in [0.5, 0.6) is 0 Å². The van der Waals surface area contributed by atoms with E-state index in [1.54, 1.807) is 16.8 Å². The van der Waals surface area contributed by atoms with Gasteiger partial charge in [0.25, 0.3) is 5.91 Å². The summed E-state index contributed by atoms with van der Waals surface area (Å²) in [4.78, 5) is 12.6. The van der Waals surface area contributed by atoms with Crippen LogP contribution in [-0.4, -0.2) is 22.7 Å². The minimum Gasteiger partial charge on any atom is -0.388 e. The van der Waals surface area contributed by atoms with E-state index in [2.05, 4.69) is 15.7 Å². The topological polar surface area (TPSA) is 59.0 Å². The van der Waals surface area contributed by atoms with Gasteiger partial charge >= 0.3 is 0 Å². The van der Waals surface area contributed by atoms with Crippen molar-refractivity contribution >= 4 is 29.0 Å². The van der Waals surface area contributed by atoms with Crippen molar-refractivity contribution in [3.05, 3.63) is 40.5 Å². The van der Waals surface area contributed by atoms with Gasteiger partial charge in [-0.2, -0.15) is 5.10 Å². The molecule has 128 valence electrons. The van der Waals surface area contributed by atoms with Crippen LogP contribution >= 0.6 is 11.6 Å². The molecule has 5 nitrogen and oxygen atoms in total. The Morgan fingerprint density at radius 2 is 2.00 bits per heavy atom. The highest BCUT2D eigenvalue weighted by molar-refractivity contribution is 6.34. The number of aromatic nitrogens is 2. The minimum absolute atomic E-state index is 0.227. The van der Waals surface area contributed by atoms with Crippen molar-refractivity contribution in [2.24, 2.45) is 7.05 Å². The Morgan fingerprint density at radius 3 is 2.71 bits per heavy atom. The van der Waals surface area contributed by atoms with Crippen molar-refractivity contribution < 1.29 is 4.79 Å². The van der Waals surface area contributed by atoms with Crippen LogP contribution in [0.15, 0.2) is 24.3 Å². The molecule has 1 amide bonds. The summed E-state index contributed by atoms with van der Waals surface area (Å²) in [6, 6.07) is 7.29. The van der Waals surface area contributed by atoms with Crippen LogP contribution in [0.4, 0.5) is 11.5 Å². The fourth-order valence-corrected chi connectivity index (χ4v) is 3.45. The van der Waals surface area contributed by atoms with Gasteiger partial charge in [0.15, 0.2) is 0 Å². The molecule has 1 aliphatic carbocycles. The number of benzene rings is 1. The molecule has 2 N–H and O–H groups in total. The first-order chi connectivity index (χ1) is 11.6. The number of carbonyl (C=O) groups excluding carboxylic acids is 1. The Bertz CT molecular complexity index is 735. The van der Waals surface area contributed by atoms with Gasteiger partial charge in [0, 0.05) is 31.8 Å². The van der Waals surface area contributed by atoms with E-state index in [9.17, 15) is 4.79 Å². The van der Waals surface area contributed by atoms with Gasteiger partial charge in [0.2, 0.25) is 0 Å². The molecule has 0 unspecified atom stereocenters. The maximum atomic E-state index is 12.6. The molecule has 0 saturated heterocycles. The Morgan fingerprint density at radius 1 is 1.25 bits per heavy atom. The molecule has 24 heavy (non-hydrogen) atoms. The molecular formula is C18H23ClN4O. The summed E-state index contributed by atoms with van der Waals surface area (Å²) in [5.74, 6) is 0.980. The average molecular weight is 347 g/mol. The monoisotopic (exact) mass is 346 g/mol. The van der Waals surface area contributed by atoms with E-state index in [1.807, 2.05) is 26.2 Å². The van der Waals surface area contributed by atoms with Crippen LogP contribution in [0, 0.1) is 0 Å². The summed E-state index contributed by atoms with van der Waals surface area (Å²) in [5, 5.41) is 11.0. The van der Waals surface area contributed by atoms with Gasteiger partial charge in [-0.3, -0.25) is 9.48 Å². The Labute approximate surface area is 147 Å². The molecule has 6 heteroatoms. The number of amides is 1. The molecular weight excluding hydrogens is 324 g/mol. The lowest BCUT2D eigenvalue weighted by Gasteiger charge is -2.19. The maximum absolute atomic E-state index is 12.6. The molecule has 1 aromatic heterocycles. The van der Waals surface area contributed by atoms with E-state index in [-0.39, 0.29) is 5.91 Å². The summed E-state index contributed by atoms with van der Waals surface area (Å²) in [6.07, 6.45) is 6.19. The van der Waals surface area contributed by atoms with Gasteiger partial charge in [-0.1, -0.05) is 30.9 Å². The number of carbonyl (C=O) groups is 1. The van der Waals surface area contributed by atoms with Gasteiger partial charge in [0.05, 0.1) is 16.3 Å². The third-order valence-corrected chi connectivity index (χ3v) is 4.99. The van der Waals surface area contributed by atoms with Crippen molar-refractivity contribution in [1.82, 2.24) is 9.78 Å². The molecule has 2 aromatic rings. The predicted octanol–water partition coefficient (Wildman–Crippen LogP) is 4.42. The zero-order valence-electron chi connectivity index (χ0n) is 14.1. The third kappa shape index (κ3) is 3.56. The van der Waals surface area contributed by atoms with Crippen LogP contribution in [0.3, 0.4) is 0 Å². The fraction of sp³-hybridized carbons (Fsp3) is 0.444. The lowest BCUT2D eigenvalue weighted by molar-refractivity contribution is 0.102. The summed E-state index contributed by atoms with van der Waals surface area (Å²) in [6.45, 7) is 0. The summed E-state index contributed by atoms with van der Waals surface area (Å²) in [7, 11) is 3.66. The number of hydrogen-bond acceptors (Lipinski definition) is 3. The predicted molar refractivity (Wildman–Crippen MR) is 98.0 cm³/mol. The van der Waals surface area contributed by atoms with Crippen molar-refractivity contribution in [3.8, 4) is 0 Å². The van der Waals surface area contributed by atoms with Crippen molar-refractivity contribution in [1.29, 1.82) is 0 Å². The van der Waals surface area contributed by atoms with Crippen LogP contribution in [0.2, 0.25) is 5.02 Å². The summed E-state index contributed by atoms with van der Waals surface area (Å²) in [5.41, 5.74) is 2.36. The Hall–Kier alpha value is -2.01. The number of nitrogens with zero attached hydrogens (tertiary/aromatic N) is 2. The normalized spacial score (nSPS) is 15.3. The lowest BCUT2D eigenvalue weighted by Crippen LogP contribution is -2.15. The average Bonchev–Trinajstić information content (AvgIpc) is 2.97. The van der Waals surface area contributed by atoms with E-state index in [4.69, 9.17) is 11.6 Å². The largest absolute Gasteiger partial charge is 0.388 e. The molecule has 0 bridgehead atoms. The second kappa shape index (κ2) is 7.26. The smallest absolute Gasteiger partial charge is 0.258 e. The SMILES string of the molecule is CNc1ccc(Cl)c(C(=O)Nc2cc(C3CCCCC3)nn2C)c1. The summed E-state index contributed by atoms with van der Waals surface area (Å²) >= 11 is 6.17. The fourth-order valence-electron chi connectivity index (χ4n) is 3.24. The number of aryl methyl sites for hydroxylation is 1. The van der Waals surface area contributed by atoms with Gasteiger partial charge in [-0.15, -0.1) is 0 Å². The lowest BCUT2D eigenvalue weighted by atomic mass is 9.87. The van der Waals surface area contributed by atoms with Crippen LogP contribution in [0.25, 0.3) is 0 Å². The standard InChI is InChI=1S/C18H23ClN4O/c1-20-13-8-9-15(19)14(10-13)18(24)21-17-11-16(22-23(17)2)12-6-4-3-5-7-12/h8-12,20H,3-7H2,1-2H3,(H,21,24). The quantitative estimate of drug-likeness (QED) is 0.861.